The van der Waals surface area contributed by atoms with E-state index in [1.165, 1.54) is 11.1 Å². The molecule has 0 spiro atoms. The van der Waals surface area contributed by atoms with Crippen LogP contribution in [0.3, 0.4) is 0 Å². The molecule has 1 aliphatic rings. The van der Waals surface area contributed by atoms with Crippen LogP contribution in [-0.4, -0.2) is 36.3 Å². The van der Waals surface area contributed by atoms with Crippen molar-refractivity contribution in [3.63, 3.8) is 0 Å². The van der Waals surface area contributed by atoms with Gasteiger partial charge in [-0.05, 0) is 62.6 Å². The molecule has 1 heterocycles. The second-order valence-corrected chi connectivity index (χ2v) is 8.33. The maximum absolute atomic E-state index is 13.6. The summed E-state index contributed by atoms with van der Waals surface area (Å²) >= 11 is 0. The number of rotatable bonds is 8. The Balaban J connectivity index is 1.31. The van der Waals surface area contributed by atoms with Crippen molar-refractivity contribution in [1.82, 2.24) is 10.2 Å². The third-order valence-corrected chi connectivity index (χ3v) is 5.96. The maximum Gasteiger partial charge on any atom is 0.254 e. The molecular formula is C25H30F2N2O2. The summed E-state index contributed by atoms with van der Waals surface area (Å²) in [4.78, 5) is 26.3. The lowest BCUT2D eigenvalue weighted by Crippen LogP contribution is -2.38. The third kappa shape index (κ3) is 6.88. The highest BCUT2D eigenvalue weighted by Crippen LogP contribution is 2.23. The SMILES string of the molecule is Cc1ccc(CCC2CCN(C(=O)CCCNC(=O)c3ccc(F)cc3F)CC2)cc1. The number of hydrogen-bond donors (Lipinski definition) is 1. The normalized spacial score (nSPS) is 14.5. The van der Waals surface area contributed by atoms with Crippen LogP contribution in [0.4, 0.5) is 8.78 Å². The van der Waals surface area contributed by atoms with E-state index in [1.807, 2.05) is 4.90 Å². The van der Waals surface area contributed by atoms with Crippen LogP contribution < -0.4 is 5.32 Å². The molecule has 0 radical (unpaired) electrons. The number of nitrogens with zero attached hydrogens (tertiary/aromatic N) is 1. The summed E-state index contributed by atoms with van der Waals surface area (Å²) in [5.41, 5.74) is 2.45. The number of likely N-dealkylation sites (tertiary alicyclic amines) is 1. The van der Waals surface area contributed by atoms with Gasteiger partial charge in [0.1, 0.15) is 11.6 Å². The van der Waals surface area contributed by atoms with Crippen molar-refractivity contribution in [3.8, 4) is 0 Å². The lowest BCUT2D eigenvalue weighted by atomic mass is 9.90. The first-order chi connectivity index (χ1) is 14.9. The van der Waals surface area contributed by atoms with Gasteiger partial charge in [0.2, 0.25) is 5.91 Å². The molecule has 2 aromatic rings. The Labute approximate surface area is 182 Å². The molecule has 1 saturated heterocycles. The molecule has 0 atom stereocenters. The van der Waals surface area contributed by atoms with Crippen molar-refractivity contribution in [3.05, 3.63) is 70.8 Å². The fraction of sp³-hybridized carbons (Fsp3) is 0.440. The number of benzene rings is 2. The van der Waals surface area contributed by atoms with E-state index < -0.39 is 17.5 Å². The van der Waals surface area contributed by atoms with Gasteiger partial charge < -0.3 is 10.2 Å². The monoisotopic (exact) mass is 428 g/mol. The van der Waals surface area contributed by atoms with E-state index >= 15 is 0 Å². The average Bonchev–Trinajstić information content (AvgIpc) is 2.76. The molecule has 2 amide bonds. The largest absolute Gasteiger partial charge is 0.352 e. The highest BCUT2D eigenvalue weighted by atomic mass is 19.1. The van der Waals surface area contributed by atoms with Gasteiger partial charge >= 0.3 is 0 Å². The highest BCUT2D eigenvalue weighted by Gasteiger charge is 2.22. The van der Waals surface area contributed by atoms with Crippen molar-refractivity contribution >= 4 is 11.8 Å². The van der Waals surface area contributed by atoms with Gasteiger partial charge in [-0.2, -0.15) is 0 Å². The summed E-state index contributed by atoms with van der Waals surface area (Å²) in [5.74, 6) is -1.47. The quantitative estimate of drug-likeness (QED) is 0.622. The van der Waals surface area contributed by atoms with Crippen molar-refractivity contribution in [2.75, 3.05) is 19.6 Å². The fourth-order valence-corrected chi connectivity index (χ4v) is 3.97. The summed E-state index contributed by atoms with van der Waals surface area (Å²) in [6.07, 6.45) is 5.11. The number of carbonyl (C=O) groups is 2. The van der Waals surface area contributed by atoms with E-state index in [9.17, 15) is 18.4 Å². The number of halogens is 2. The Kier molecular flexibility index (Phi) is 8.15. The zero-order valence-electron chi connectivity index (χ0n) is 18.0. The minimum absolute atomic E-state index is 0.0965. The minimum Gasteiger partial charge on any atom is -0.352 e. The topological polar surface area (TPSA) is 49.4 Å². The zero-order chi connectivity index (χ0) is 22.2. The average molecular weight is 429 g/mol. The van der Waals surface area contributed by atoms with Gasteiger partial charge in [-0.25, -0.2) is 8.78 Å². The molecule has 31 heavy (non-hydrogen) atoms. The molecule has 3 rings (SSSR count). The Bertz CT molecular complexity index is 891. The summed E-state index contributed by atoms with van der Waals surface area (Å²) in [6, 6.07) is 11.5. The number of piperidine rings is 1. The lowest BCUT2D eigenvalue weighted by molar-refractivity contribution is -0.132. The van der Waals surface area contributed by atoms with Crippen LogP contribution >= 0.6 is 0 Å². The van der Waals surface area contributed by atoms with Gasteiger partial charge in [0.05, 0.1) is 5.56 Å². The van der Waals surface area contributed by atoms with E-state index in [4.69, 9.17) is 0 Å². The highest BCUT2D eigenvalue weighted by molar-refractivity contribution is 5.94. The van der Waals surface area contributed by atoms with Crippen LogP contribution in [0.25, 0.3) is 0 Å². The molecule has 6 heteroatoms. The standard InChI is InChI=1S/C25H30F2N2O2/c1-18-4-6-19(7-5-18)8-9-20-12-15-29(16-13-20)24(30)3-2-14-28-25(31)22-11-10-21(26)17-23(22)27/h4-7,10-11,17,20H,2-3,8-9,12-16H2,1H3,(H,28,31). The molecule has 1 aliphatic heterocycles. The summed E-state index contributed by atoms with van der Waals surface area (Å²) in [7, 11) is 0. The van der Waals surface area contributed by atoms with Gasteiger partial charge in [-0.15, -0.1) is 0 Å². The van der Waals surface area contributed by atoms with Crippen molar-refractivity contribution in [2.45, 2.75) is 45.4 Å². The van der Waals surface area contributed by atoms with Gasteiger partial charge in [0, 0.05) is 32.1 Å². The van der Waals surface area contributed by atoms with Crippen LogP contribution in [-0.2, 0) is 11.2 Å². The molecular weight excluding hydrogens is 398 g/mol. The van der Waals surface area contributed by atoms with E-state index in [0.29, 0.717) is 24.8 Å². The molecule has 0 unspecified atom stereocenters. The number of amides is 2. The Hall–Kier alpha value is -2.76. The lowest BCUT2D eigenvalue weighted by Gasteiger charge is -2.32. The number of aryl methyl sites for hydroxylation is 2. The van der Waals surface area contributed by atoms with Gasteiger partial charge in [-0.3, -0.25) is 9.59 Å². The van der Waals surface area contributed by atoms with E-state index in [0.717, 1.165) is 50.9 Å². The molecule has 0 aromatic heterocycles. The summed E-state index contributed by atoms with van der Waals surface area (Å²) in [6.45, 7) is 3.93. The Morgan fingerprint density at radius 3 is 2.45 bits per heavy atom. The molecule has 0 bridgehead atoms. The molecule has 1 fully saturated rings. The molecule has 4 nitrogen and oxygen atoms in total. The number of hydrogen-bond acceptors (Lipinski definition) is 2. The van der Waals surface area contributed by atoms with Gasteiger partial charge in [0.15, 0.2) is 0 Å². The van der Waals surface area contributed by atoms with Crippen LogP contribution in [0.1, 0.15) is 53.6 Å². The summed E-state index contributed by atoms with van der Waals surface area (Å²) < 4.78 is 26.5. The molecule has 166 valence electrons. The van der Waals surface area contributed by atoms with E-state index in [1.54, 1.807) is 0 Å². The van der Waals surface area contributed by atoms with Gasteiger partial charge in [-0.1, -0.05) is 29.8 Å². The smallest absolute Gasteiger partial charge is 0.254 e. The number of nitrogens with one attached hydrogen (secondary N) is 1. The van der Waals surface area contributed by atoms with Gasteiger partial charge in [0.25, 0.3) is 5.91 Å². The molecule has 2 aromatic carbocycles. The van der Waals surface area contributed by atoms with Crippen LogP contribution in [0, 0.1) is 24.5 Å². The first-order valence-electron chi connectivity index (χ1n) is 11.0. The molecule has 0 aliphatic carbocycles. The summed E-state index contributed by atoms with van der Waals surface area (Å²) in [5, 5.41) is 2.59. The van der Waals surface area contributed by atoms with Crippen molar-refractivity contribution in [1.29, 1.82) is 0 Å². The number of carbonyl (C=O) groups excluding carboxylic acids is 2. The Morgan fingerprint density at radius 1 is 1.06 bits per heavy atom. The molecule has 1 N–H and O–H groups in total. The maximum atomic E-state index is 13.6. The van der Waals surface area contributed by atoms with E-state index in [-0.39, 0.29) is 18.0 Å². The molecule has 0 saturated carbocycles. The first kappa shape index (κ1) is 22.9. The zero-order valence-corrected chi connectivity index (χ0v) is 18.0. The van der Waals surface area contributed by atoms with Crippen LogP contribution in [0.15, 0.2) is 42.5 Å². The van der Waals surface area contributed by atoms with Crippen LogP contribution in [0.2, 0.25) is 0 Å². The minimum atomic E-state index is -0.890. The van der Waals surface area contributed by atoms with Crippen molar-refractivity contribution in [2.24, 2.45) is 5.92 Å². The predicted molar refractivity (Wildman–Crippen MR) is 117 cm³/mol. The van der Waals surface area contributed by atoms with Crippen LogP contribution in [0.5, 0.6) is 0 Å². The van der Waals surface area contributed by atoms with E-state index in [2.05, 4.69) is 36.5 Å². The Morgan fingerprint density at radius 2 is 1.77 bits per heavy atom. The predicted octanol–water partition coefficient (Wildman–Crippen LogP) is 4.65. The second kappa shape index (κ2) is 11.0. The first-order valence-corrected chi connectivity index (χ1v) is 11.0. The third-order valence-electron chi connectivity index (χ3n) is 5.96. The fourth-order valence-electron chi connectivity index (χ4n) is 3.97. The second-order valence-electron chi connectivity index (χ2n) is 8.33. The van der Waals surface area contributed by atoms with Crippen molar-refractivity contribution < 1.29 is 18.4 Å².